The van der Waals surface area contributed by atoms with Crippen molar-refractivity contribution in [3.8, 4) is 5.75 Å². The lowest BCUT2D eigenvalue weighted by atomic mass is 10.0. The highest BCUT2D eigenvalue weighted by molar-refractivity contribution is 6.46. The zero-order valence-electron chi connectivity index (χ0n) is 27.0. The Kier molecular flexibility index (Phi) is 23.9. The molecule has 1 aliphatic heterocycles. The Hall–Kier alpha value is -3.39. The van der Waals surface area contributed by atoms with Crippen molar-refractivity contribution in [1.29, 1.82) is 0 Å². The second-order valence-electron chi connectivity index (χ2n) is 8.20. The van der Waals surface area contributed by atoms with Crippen molar-refractivity contribution in [3.05, 3.63) is 54.4 Å². The van der Waals surface area contributed by atoms with Crippen molar-refractivity contribution in [3.63, 3.8) is 0 Å². The van der Waals surface area contributed by atoms with E-state index in [2.05, 4.69) is 62.7 Å². The Bertz CT molecular complexity index is 1030. The minimum atomic E-state index is 0.00726. The zero-order valence-corrected chi connectivity index (χ0v) is 27.0. The van der Waals surface area contributed by atoms with Gasteiger partial charge in [-0.15, -0.1) is 10.2 Å². The lowest BCUT2D eigenvalue weighted by Crippen LogP contribution is -2.45. The third-order valence-electron chi connectivity index (χ3n) is 5.29. The number of aromatic hydroxyl groups is 1. The van der Waals surface area contributed by atoms with Gasteiger partial charge in [-0.05, 0) is 44.1 Å². The quantitative estimate of drug-likeness (QED) is 0.157. The predicted octanol–water partition coefficient (Wildman–Crippen LogP) is 6.98. The molecule has 1 aromatic heterocycles. The number of hydrogen-bond acceptors (Lipinski definition) is 7. The summed E-state index contributed by atoms with van der Waals surface area (Å²) in [7, 11) is 3.47. The van der Waals surface area contributed by atoms with Crippen LogP contribution < -0.4 is 5.32 Å². The highest BCUT2D eigenvalue weighted by atomic mass is 16.3. The van der Waals surface area contributed by atoms with Gasteiger partial charge in [0.25, 0.3) is 0 Å². The van der Waals surface area contributed by atoms with Gasteiger partial charge in [-0.1, -0.05) is 73.6 Å². The van der Waals surface area contributed by atoms with Gasteiger partial charge < -0.3 is 15.3 Å². The molecule has 1 fully saturated rings. The van der Waals surface area contributed by atoms with E-state index in [1.807, 2.05) is 59.8 Å². The van der Waals surface area contributed by atoms with E-state index in [0.29, 0.717) is 11.4 Å². The number of nitrogens with one attached hydrogen (secondary N) is 1. The van der Waals surface area contributed by atoms with Crippen LogP contribution in [-0.2, 0) is 0 Å². The number of aromatic nitrogens is 1. The number of pyridine rings is 1. The fraction of sp³-hybridized carbons (Fsp3) is 0.531. The van der Waals surface area contributed by atoms with Gasteiger partial charge in [-0.25, -0.2) is 4.98 Å². The van der Waals surface area contributed by atoms with Crippen LogP contribution in [0.3, 0.4) is 0 Å². The van der Waals surface area contributed by atoms with Crippen LogP contribution in [-0.4, -0.2) is 78.2 Å². The molecule has 0 bridgehead atoms. The summed E-state index contributed by atoms with van der Waals surface area (Å²) in [5.74, 6) is 0.828. The van der Waals surface area contributed by atoms with Crippen molar-refractivity contribution >= 4 is 28.5 Å². The number of aliphatic imine (C=N–C) groups is 2. The Balaban J connectivity index is 0. The summed E-state index contributed by atoms with van der Waals surface area (Å²) in [5, 5.41) is 22.7. The van der Waals surface area contributed by atoms with Crippen LogP contribution in [0.4, 0.5) is 0 Å². The van der Waals surface area contributed by atoms with Gasteiger partial charge in [0, 0.05) is 52.0 Å². The van der Waals surface area contributed by atoms with Crippen LogP contribution in [0.2, 0.25) is 0 Å². The van der Waals surface area contributed by atoms with E-state index in [1.165, 1.54) is 6.42 Å². The summed E-state index contributed by atoms with van der Waals surface area (Å²) in [6.07, 6.45) is 11.4. The molecule has 1 aliphatic rings. The van der Waals surface area contributed by atoms with E-state index in [0.717, 1.165) is 61.0 Å². The zero-order chi connectivity index (χ0) is 30.9. The van der Waals surface area contributed by atoms with Crippen LogP contribution in [0.1, 0.15) is 86.4 Å². The van der Waals surface area contributed by atoms with E-state index in [9.17, 15) is 5.11 Å². The molecule has 0 radical (unpaired) electrons. The van der Waals surface area contributed by atoms with Gasteiger partial charge in [-0.2, -0.15) is 0 Å². The molecule has 8 heteroatoms. The molecule has 1 saturated heterocycles. The molecule has 40 heavy (non-hydrogen) atoms. The molecule has 0 saturated carbocycles. The number of hydrogen-bond donors (Lipinski definition) is 2. The summed E-state index contributed by atoms with van der Waals surface area (Å²) >= 11 is 0. The number of amidine groups is 1. The van der Waals surface area contributed by atoms with Crippen LogP contribution in [0.15, 0.2) is 63.3 Å². The second kappa shape index (κ2) is 24.6. The van der Waals surface area contributed by atoms with Crippen molar-refractivity contribution in [2.24, 2.45) is 20.2 Å². The third kappa shape index (κ3) is 14.1. The predicted molar refractivity (Wildman–Crippen MR) is 179 cm³/mol. The molecule has 1 aromatic rings. The standard InChI is InChI=1S/C25H35N7O.C3H8.2C2H6/c1-7-9-10-20(15-23(27-6)18(3)26-5)21-16-24(33)25(29-17-21)22(8-2)31-30-19(4)32-13-11-28-12-14-32;1-3-2;2*1-2/h8-10,15-17,28,33H,2,7,11-14H2,1,3-6H3;3H2,1-2H3;2*1-2H3/b10-9+,20-15+,26-18?,27-23?,30-19+,31-22+;;;. The van der Waals surface area contributed by atoms with E-state index in [1.54, 1.807) is 32.4 Å². The van der Waals surface area contributed by atoms with Gasteiger partial charge >= 0.3 is 0 Å². The number of rotatable bonds is 8. The maximum absolute atomic E-state index is 10.8. The fourth-order valence-electron chi connectivity index (χ4n) is 3.24. The monoisotopic (exact) mass is 553 g/mol. The first-order valence-corrected chi connectivity index (χ1v) is 14.5. The van der Waals surface area contributed by atoms with Gasteiger partial charge in [0.1, 0.15) is 23.0 Å². The molecule has 0 spiro atoms. The van der Waals surface area contributed by atoms with Crippen molar-refractivity contribution in [2.45, 2.75) is 75.2 Å². The van der Waals surface area contributed by atoms with Crippen molar-refractivity contribution < 1.29 is 5.11 Å². The number of allylic oxidation sites excluding steroid dienone is 5. The average Bonchev–Trinajstić information content (AvgIpc) is 3.00. The molecule has 0 amide bonds. The number of piperazine rings is 1. The fourth-order valence-corrected chi connectivity index (χ4v) is 3.24. The largest absolute Gasteiger partial charge is 0.506 e. The average molecular weight is 554 g/mol. The molecular formula is C32H55N7O. The van der Waals surface area contributed by atoms with Gasteiger partial charge in [-0.3, -0.25) is 9.98 Å². The Morgan fingerprint density at radius 3 is 2.12 bits per heavy atom. The van der Waals surface area contributed by atoms with E-state index in [-0.39, 0.29) is 5.75 Å². The Labute approximate surface area is 244 Å². The van der Waals surface area contributed by atoms with Crippen LogP contribution >= 0.6 is 0 Å². The first-order chi connectivity index (χ1) is 19.4. The molecule has 8 nitrogen and oxygen atoms in total. The Morgan fingerprint density at radius 1 is 1.05 bits per heavy atom. The minimum Gasteiger partial charge on any atom is -0.506 e. The van der Waals surface area contributed by atoms with Gasteiger partial charge in [0.2, 0.25) is 0 Å². The SMILES string of the molecule is C=C/C(=N\N=C(/C)N1CCNCC1)c1ncc(C(/C=C/CC)=C/C(=NC)C(C)=NC)cc1O.CC.CC.CCC. The smallest absolute Gasteiger partial charge is 0.144 e. The van der Waals surface area contributed by atoms with E-state index < -0.39 is 0 Å². The van der Waals surface area contributed by atoms with Gasteiger partial charge in [0.05, 0.1) is 11.4 Å². The summed E-state index contributed by atoms with van der Waals surface area (Å²) in [6, 6.07) is 1.67. The highest BCUT2D eigenvalue weighted by Crippen LogP contribution is 2.24. The molecule has 2 N–H and O–H groups in total. The van der Waals surface area contributed by atoms with Gasteiger partial charge in [0.15, 0.2) is 0 Å². The van der Waals surface area contributed by atoms with Crippen molar-refractivity contribution in [2.75, 3.05) is 40.3 Å². The molecule has 0 atom stereocenters. The highest BCUT2D eigenvalue weighted by Gasteiger charge is 2.13. The molecule has 224 valence electrons. The topological polar surface area (TPSA) is 97.8 Å². The third-order valence-corrected chi connectivity index (χ3v) is 5.29. The van der Waals surface area contributed by atoms with E-state index in [4.69, 9.17) is 0 Å². The molecule has 2 heterocycles. The molecule has 2 rings (SSSR count). The first-order valence-electron chi connectivity index (χ1n) is 14.5. The lowest BCUT2D eigenvalue weighted by molar-refractivity contribution is 0.355. The summed E-state index contributed by atoms with van der Waals surface area (Å²) in [4.78, 5) is 15.2. The van der Waals surface area contributed by atoms with Crippen LogP contribution in [0.25, 0.3) is 5.57 Å². The molecular weight excluding hydrogens is 498 g/mol. The van der Waals surface area contributed by atoms with Crippen molar-refractivity contribution in [1.82, 2.24) is 15.2 Å². The molecule has 0 aromatic carbocycles. The van der Waals surface area contributed by atoms with Crippen LogP contribution in [0.5, 0.6) is 5.75 Å². The summed E-state index contributed by atoms with van der Waals surface area (Å²) < 4.78 is 0. The summed E-state index contributed by atoms with van der Waals surface area (Å²) in [5.41, 5.74) is 3.97. The van der Waals surface area contributed by atoms with Crippen LogP contribution in [0, 0.1) is 0 Å². The first kappa shape index (κ1) is 38.8. The number of nitrogens with zero attached hydrogens (tertiary/aromatic N) is 6. The Morgan fingerprint density at radius 2 is 1.65 bits per heavy atom. The second-order valence-corrected chi connectivity index (χ2v) is 8.20. The normalized spacial score (nSPS) is 14.9. The lowest BCUT2D eigenvalue weighted by Gasteiger charge is -2.28. The molecule has 0 aliphatic carbocycles. The minimum absolute atomic E-state index is 0.00726. The molecule has 0 unspecified atom stereocenters. The maximum Gasteiger partial charge on any atom is 0.144 e. The maximum atomic E-state index is 10.8. The van der Waals surface area contributed by atoms with E-state index >= 15 is 0 Å². The summed E-state index contributed by atoms with van der Waals surface area (Å²) in [6.45, 7) is 25.6.